The number of hydrogen-bond acceptors (Lipinski definition) is 3. The normalized spacial score (nSPS) is 16.8. The smallest absolute Gasteiger partial charge is 0.373 e. The molecule has 1 aliphatic heterocycles. The van der Waals surface area contributed by atoms with E-state index >= 15 is 0 Å². The Morgan fingerprint density at radius 1 is 1.17 bits per heavy atom. The Hall–Kier alpha value is -3.13. The lowest BCUT2D eigenvalue weighted by atomic mass is 9.98. The SMILES string of the molecule is C=CC(=O)NC[C@H]1CN(C(=O)c2ccc(-c3ccccc3C(F)(F)F)cc2)CCO1. The van der Waals surface area contributed by atoms with Gasteiger partial charge in [0.2, 0.25) is 5.91 Å². The van der Waals surface area contributed by atoms with Crippen LogP contribution in [0.15, 0.2) is 61.2 Å². The summed E-state index contributed by atoms with van der Waals surface area (Å²) < 4.78 is 45.3. The zero-order valence-corrected chi connectivity index (χ0v) is 16.1. The fourth-order valence-corrected chi connectivity index (χ4v) is 3.27. The predicted octanol–water partition coefficient (Wildman–Crippen LogP) is 3.52. The molecule has 1 atom stereocenters. The second-order valence-corrected chi connectivity index (χ2v) is 6.81. The van der Waals surface area contributed by atoms with E-state index in [0.717, 1.165) is 12.1 Å². The molecular formula is C22H21F3N2O3. The van der Waals surface area contributed by atoms with Gasteiger partial charge in [-0.2, -0.15) is 13.2 Å². The van der Waals surface area contributed by atoms with Crippen molar-refractivity contribution in [1.82, 2.24) is 10.2 Å². The third-order valence-corrected chi connectivity index (χ3v) is 4.79. The van der Waals surface area contributed by atoms with E-state index in [1.165, 1.54) is 36.4 Å². The summed E-state index contributed by atoms with van der Waals surface area (Å²) in [6.07, 6.45) is -3.65. The Kier molecular flexibility index (Phi) is 6.56. The monoisotopic (exact) mass is 418 g/mol. The molecule has 158 valence electrons. The highest BCUT2D eigenvalue weighted by Gasteiger charge is 2.33. The summed E-state index contributed by atoms with van der Waals surface area (Å²) in [5, 5.41) is 2.63. The van der Waals surface area contributed by atoms with Gasteiger partial charge in [-0.25, -0.2) is 0 Å². The van der Waals surface area contributed by atoms with Gasteiger partial charge in [0.1, 0.15) is 0 Å². The number of alkyl halides is 3. The number of benzene rings is 2. The molecule has 30 heavy (non-hydrogen) atoms. The quantitative estimate of drug-likeness (QED) is 0.756. The van der Waals surface area contributed by atoms with Crippen LogP contribution in [0, 0.1) is 0 Å². The van der Waals surface area contributed by atoms with Crippen molar-refractivity contribution in [3.05, 3.63) is 72.3 Å². The highest BCUT2D eigenvalue weighted by atomic mass is 19.4. The van der Waals surface area contributed by atoms with Crippen molar-refractivity contribution >= 4 is 11.8 Å². The van der Waals surface area contributed by atoms with Gasteiger partial charge in [0.15, 0.2) is 0 Å². The second kappa shape index (κ2) is 9.13. The Morgan fingerprint density at radius 2 is 1.87 bits per heavy atom. The van der Waals surface area contributed by atoms with Crippen LogP contribution in [0.2, 0.25) is 0 Å². The Labute approximate surface area is 172 Å². The van der Waals surface area contributed by atoms with Crippen molar-refractivity contribution in [2.75, 3.05) is 26.2 Å². The molecule has 2 amide bonds. The standard InChI is InChI=1S/C22H21F3N2O3/c1-2-20(28)26-13-17-14-27(11-12-30-17)21(29)16-9-7-15(8-10-16)18-5-3-4-6-19(18)22(23,24)25/h2-10,17H,1,11-14H2,(H,26,28)/t17-/m0/s1. The van der Waals surface area contributed by atoms with E-state index in [4.69, 9.17) is 4.74 Å². The number of rotatable bonds is 5. The predicted molar refractivity (Wildman–Crippen MR) is 106 cm³/mol. The molecule has 0 radical (unpaired) electrons. The van der Waals surface area contributed by atoms with Crippen LogP contribution in [0.4, 0.5) is 13.2 Å². The maximum absolute atomic E-state index is 13.3. The summed E-state index contributed by atoms with van der Waals surface area (Å²) in [6, 6.07) is 11.4. The van der Waals surface area contributed by atoms with E-state index in [1.807, 2.05) is 0 Å². The van der Waals surface area contributed by atoms with E-state index in [0.29, 0.717) is 30.8 Å². The maximum atomic E-state index is 13.3. The molecule has 0 unspecified atom stereocenters. The molecule has 1 saturated heterocycles. The molecule has 0 aliphatic carbocycles. The number of amides is 2. The van der Waals surface area contributed by atoms with Gasteiger partial charge in [0, 0.05) is 25.2 Å². The summed E-state index contributed by atoms with van der Waals surface area (Å²) in [4.78, 5) is 25.7. The molecule has 0 saturated carbocycles. The molecule has 0 aromatic heterocycles. The van der Waals surface area contributed by atoms with Crippen molar-refractivity contribution < 1.29 is 27.5 Å². The Balaban J connectivity index is 1.71. The van der Waals surface area contributed by atoms with Crippen LogP contribution in [0.25, 0.3) is 11.1 Å². The fraction of sp³-hybridized carbons (Fsp3) is 0.273. The molecule has 2 aromatic carbocycles. The van der Waals surface area contributed by atoms with Crippen LogP contribution in [-0.2, 0) is 15.7 Å². The molecule has 5 nitrogen and oxygen atoms in total. The number of hydrogen-bond donors (Lipinski definition) is 1. The van der Waals surface area contributed by atoms with Gasteiger partial charge in [0.05, 0.1) is 18.3 Å². The van der Waals surface area contributed by atoms with Gasteiger partial charge in [0.25, 0.3) is 5.91 Å². The van der Waals surface area contributed by atoms with Crippen LogP contribution in [0.3, 0.4) is 0 Å². The average molecular weight is 418 g/mol. The van der Waals surface area contributed by atoms with Crippen molar-refractivity contribution in [2.24, 2.45) is 0 Å². The second-order valence-electron chi connectivity index (χ2n) is 6.81. The molecule has 0 spiro atoms. The Morgan fingerprint density at radius 3 is 2.53 bits per heavy atom. The number of carbonyl (C=O) groups excluding carboxylic acids is 2. The van der Waals surface area contributed by atoms with Gasteiger partial charge in [-0.1, -0.05) is 36.9 Å². The minimum absolute atomic E-state index is 0.0633. The van der Waals surface area contributed by atoms with Crippen molar-refractivity contribution in [3.8, 4) is 11.1 Å². The summed E-state index contributed by atoms with van der Waals surface area (Å²) in [5.41, 5.74) is 0.0977. The number of carbonyl (C=O) groups is 2. The average Bonchev–Trinajstić information content (AvgIpc) is 2.76. The Bertz CT molecular complexity index is 926. The maximum Gasteiger partial charge on any atom is 0.417 e. The van der Waals surface area contributed by atoms with E-state index in [-0.39, 0.29) is 30.0 Å². The van der Waals surface area contributed by atoms with Gasteiger partial charge < -0.3 is 15.0 Å². The molecule has 0 bridgehead atoms. The number of morpholine rings is 1. The number of ether oxygens (including phenoxy) is 1. The topological polar surface area (TPSA) is 58.6 Å². The van der Waals surface area contributed by atoms with Crippen LogP contribution >= 0.6 is 0 Å². The van der Waals surface area contributed by atoms with Crippen LogP contribution in [0.5, 0.6) is 0 Å². The molecule has 1 N–H and O–H groups in total. The zero-order valence-electron chi connectivity index (χ0n) is 16.1. The van der Waals surface area contributed by atoms with Crippen LogP contribution in [0.1, 0.15) is 15.9 Å². The van der Waals surface area contributed by atoms with Crippen LogP contribution < -0.4 is 5.32 Å². The molecular weight excluding hydrogens is 397 g/mol. The number of nitrogens with zero attached hydrogens (tertiary/aromatic N) is 1. The first-order valence-corrected chi connectivity index (χ1v) is 9.37. The third kappa shape index (κ3) is 5.07. The van der Waals surface area contributed by atoms with Gasteiger partial charge in [-0.05, 0) is 35.4 Å². The van der Waals surface area contributed by atoms with Crippen LogP contribution in [-0.4, -0.2) is 49.1 Å². The summed E-state index contributed by atoms with van der Waals surface area (Å²) in [5.74, 6) is -0.564. The first kappa shape index (κ1) is 21.6. The van der Waals surface area contributed by atoms with Crippen molar-refractivity contribution in [3.63, 3.8) is 0 Å². The largest absolute Gasteiger partial charge is 0.417 e. The molecule has 3 rings (SSSR count). The lowest BCUT2D eigenvalue weighted by molar-refractivity contribution is -0.137. The lowest BCUT2D eigenvalue weighted by Gasteiger charge is -2.33. The molecule has 8 heteroatoms. The van der Waals surface area contributed by atoms with Crippen molar-refractivity contribution in [1.29, 1.82) is 0 Å². The fourth-order valence-electron chi connectivity index (χ4n) is 3.27. The summed E-state index contributed by atoms with van der Waals surface area (Å²) >= 11 is 0. The minimum Gasteiger partial charge on any atom is -0.373 e. The highest BCUT2D eigenvalue weighted by Crippen LogP contribution is 2.36. The third-order valence-electron chi connectivity index (χ3n) is 4.79. The first-order valence-electron chi connectivity index (χ1n) is 9.37. The van der Waals surface area contributed by atoms with Gasteiger partial charge in [-0.3, -0.25) is 9.59 Å². The molecule has 1 aliphatic rings. The van der Waals surface area contributed by atoms with E-state index in [9.17, 15) is 22.8 Å². The zero-order chi connectivity index (χ0) is 21.7. The minimum atomic E-state index is -4.46. The first-order chi connectivity index (χ1) is 14.3. The van der Waals surface area contributed by atoms with Gasteiger partial charge >= 0.3 is 6.18 Å². The van der Waals surface area contributed by atoms with E-state index in [1.54, 1.807) is 11.0 Å². The molecule has 2 aromatic rings. The highest BCUT2D eigenvalue weighted by molar-refractivity contribution is 5.95. The summed E-state index contributed by atoms with van der Waals surface area (Å²) in [6.45, 7) is 4.65. The van der Waals surface area contributed by atoms with E-state index < -0.39 is 11.7 Å². The molecule has 1 heterocycles. The number of halogens is 3. The lowest BCUT2D eigenvalue weighted by Crippen LogP contribution is -2.49. The summed E-state index contributed by atoms with van der Waals surface area (Å²) in [7, 11) is 0. The number of nitrogens with one attached hydrogen (secondary N) is 1. The van der Waals surface area contributed by atoms with Crippen molar-refractivity contribution in [2.45, 2.75) is 12.3 Å². The molecule has 1 fully saturated rings. The van der Waals surface area contributed by atoms with Gasteiger partial charge in [-0.15, -0.1) is 0 Å². The van der Waals surface area contributed by atoms with E-state index in [2.05, 4.69) is 11.9 Å².